The summed E-state index contributed by atoms with van der Waals surface area (Å²) in [5, 5.41) is 2.98. The van der Waals surface area contributed by atoms with E-state index in [9.17, 15) is 13.2 Å². The van der Waals surface area contributed by atoms with Crippen LogP contribution in [0.5, 0.6) is 5.75 Å². The van der Waals surface area contributed by atoms with Crippen molar-refractivity contribution in [1.29, 1.82) is 0 Å². The molecule has 0 aromatic heterocycles. The highest BCUT2D eigenvalue weighted by Crippen LogP contribution is 2.26. The highest BCUT2D eigenvalue weighted by Gasteiger charge is 2.28. The van der Waals surface area contributed by atoms with E-state index in [-0.39, 0.29) is 22.4 Å². The van der Waals surface area contributed by atoms with Gasteiger partial charge in [0.1, 0.15) is 5.75 Å². The number of morpholine rings is 1. The highest BCUT2D eigenvalue weighted by atomic mass is 32.2. The van der Waals surface area contributed by atoms with Gasteiger partial charge in [-0.1, -0.05) is 12.8 Å². The van der Waals surface area contributed by atoms with Crippen LogP contribution in [0, 0.1) is 0 Å². The van der Waals surface area contributed by atoms with E-state index in [0.717, 1.165) is 25.7 Å². The van der Waals surface area contributed by atoms with Crippen molar-refractivity contribution in [2.75, 3.05) is 33.4 Å². The Morgan fingerprint density at radius 1 is 1.24 bits per heavy atom. The summed E-state index contributed by atoms with van der Waals surface area (Å²) in [4.78, 5) is 12.7. The molecule has 1 aliphatic carbocycles. The van der Waals surface area contributed by atoms with Crippen LogP contribution in [0.25, 0.3) is 0 Å². The monoisotopic (exact) mass is 368 g/mol. The molecule has 0 spiro atoms. The number of hydrogen-bond donors (Lipinski definition) is 1. The summed E-state index contributed by atoms with van der Waals surface area (Å²) < 4.78 is 37.5. The number of amides is 1. The van der Waals surface area contributed by atoms with Crippen LogP contribution in [0.3, 0.4) is 0 Å². The second-order valence-corrected chi connectivity index (χ2v) is 8.27. The van der Waals surface area contributed by atoms with Gasteiger partial charge in [-0.2, -0.15) is 4.31 Å². The molecule has 25 heavy (non-hydrogen) atoms. The Kier molecular flexibility index (Phi) is 5.61. The molecule has 0 bridgehead atoms. The highest BCUT2D eigenvalue weighted by molar-refractivity contribution is 7.89. The quantitative estimate of drug-likeness (QED) is 0.849. The first-order chi connectivity index (χ1) is 12.0. The molecule has 7 nitrogen and oxygen atoms in total. The number of hydrogen-bond acceptors (Lipinski definition) is 5. The van der Waals surface area contributed by atoms with Crippen LogP contribution < -0.4 is 10.1 Å². The van der Waals surface area contributed by atoms with Crippen LogP contribution in [-0.4, -0.2) is 58.1 Å². The predicted molar refractivity (Wildman–Crippen MR) is 92.3 cm³/mol. The Morgan fingerprint density at radius 3 is 2.56 bits per heavy atom. The lowest BCUT2D eigenvalue weighted by Gasteiger charge is -2.26. The van der Waals surface area contributed by atoms with E-state index in [4.69, 9.17) is 9.47 Å². The molecule has 138 valence electrons. The van der Waals surface area contributed by atoms with Gasteiger partial charge < -0.3 is 14.8 Å². The van der Waals surface area contributed by atoms with Crippen molar-refractivity contribution < 1.29 is 22.7 Å². The number of nitrogens with zero attached hydrogens (tertiary/aromatic N) is 1. The molecule has 1 saturated carbocycles. The number of carbonyl (C=O) groups is 1. The first-order valence-electron chi connectivity index (χ1n) is 8.59. The number of ether oxygens (including phenoxy) is 2. The van der Waals surface area contributed by atoms with Gasteiger partial charge in [0.05, 0.1) is 30.8 Å². The van der Waals surface area contributed by atoms with Crippen molar-refractivity contribution in [1.82, 2.24) is 9.62 Å². The van der Waals surface area contributed by atoms with E-state index in [2.05, 4.69) is 5.32 Å². The molecule has 1 aliphatic heterocycles. The van der Waals surface area contributed by atoms with Crippen LogP contribution in [0.1, 0.15) is 36.0 Å². The maximum Gasteiger partial charge on any atom is 0.255 e. The summed E-state index contributed by atoms with van der Waals surface area (Å²) in [6.07, 6.45) is 4.13. The lowest BCUT2D eigenvalue weighted by Crippen LogP contribution is -2.40. The molecule has 1 aromatic rings. The molecule has 2 aliphatic rings. The first-order valence-corrected chi connectivity index (χ1v) is 10.0. The molecular weight excluding hydrogens is 344 g/mol. The first kappa shape index (κ1) is 18.2. The molecule has 3 rings (SSSR count). The SMILES string of the molecule is COc1ccc(S(=O)(=O)N2CCOCC2)cc1C(=O)NC1CCCC1. The van der Waals surface area contributed by atoms with Gasteiger partial charge in [-0.3, -0.25) is 4.79 Å². The van der Waals surface area contributed by atoms with Crippen LogP contribution in [-0.2, 0) is 14.8 Å². The number of nitrogens with one attached hydrogen (secondary N) is 1. The molecule has 1 aromatic carbocycles. The molecule has 1 amide bonds. The van der Waals surface area contributed by atoms with Crippen LogP contribution >= 0.6 is 0 Å². The summed E-state index contributed by atoms with van der Waals surface area (Å²) in [6.45, 7) is 1.39. The minimum Gasteiger partial charge on any atom is -0.496 e. The molecule has 0 atom stereocenters. The Hall–Kier alpha value is -1.64. The lowest BCUT2D eigenvalue weighted by atomic mass is 10.1. The summed E-state index contributed by atoms with van der Waals surface area (Å²) in [7, 11) is -2.18. The smallest absolute Gasteiger partial charge is 0.255 e. The zero-order valence-electron chi connectivity index (χ0n) is 14.4. The second kappa shape index (κ2) is 7.72. The largest absolute Gasteiger partial charge is 0.496 e. The lowest BCUT2D eigenvalue weighted by molar-refractivity contribution is 0.0730. The van der Waals surface area contributed by atoms with Gasteiger partial charge in [0.15, 0.2) is 0 Å². The van der Waals surface area contributed by atoms with Gasteiger partial charge in [-0.15, -0.1) is 0 Å². The van der Waals surface area contributed by atoms with Gasteiger partial charge in [0.2, 0.25) is 10.0 Å². The zero-order valence-corrected chi connectivity index (χ0v) is 15.2. The maximum absolute atomic E-state index is 12.8. The average molecular weight is 368 g/mol. The van der Waals surface area contributed by atoms with Crippen LogP contribution in [0.15, 0.2) is 23.1 Å². The van der Waals surface area contributed by atoms with E-state index in [1.807, 2.05) is 0 Å². The maximum atomic E-state index is 12.8. The fourth-order valence-electron chi connectivity index (χ4n) is 3.29. The normalized spacial score (nSPS) is 19.7. The van der Waals surface area contributed by atoms with Crippen molar-refractivity contribution >= 4 is 15.9 Å². The van der Waals surface area contributed by atoms with Crippen molar-refractivity contribution in [3.8, 4) is 5.75 Å². The molecule has 1 heterocycles. The molecule has 1 N–H and O–H groups in total. The number of carbonyl (C=O) groups excluding carboxylic acids is 1. The van der Waals surface area contributed by atoms with Crippen molar-refractivity contribution in [2.24, 2.45) is 0 Å². The third-order valence-electron chi connectivity index (χ3n) is 4.71. The molecule has 1 saturated heterocycles. The second-order valence-electron chi connectivity index (χ2n) is 6.33. The van der Waals surface area contributed by atoms with Gasteiger partial charge >= 0.3 is 0 Å². The summed E-state index contributed by atoms with van der Waals surface area (Å²) >= 11 is 0. The van der Waals surface area contributed by atoms with Crippen molar-refractivity contribution in [2.45, 2.75) is 36.6 Å². The van der Waals surface area contributed by atoms with Gasteiger partial charge in [-0.25, -0.2) is 8.42 Å². The Balaban J connectivity index is 1.87. The van der Waals surface area contributed by atoms with Gasteiger partial charge in [-0.05, 0) is 31.0 Å². The van der Waals surface area contributed by atoms with Crippen LogP contribution in [0.4, 0.5) is 0 Å². The third-order valence-corrected chi connectivity index (χ3v) is 6.61. The topological polar surface area (TPSA) is 84.9 Å². The summed E-state index contributed by atoms with van der Waals surface area (Å²) in [5.41, 5.74) is 0.253. The van der Waals surface area contributed by atoms with Crippen molar-refractivity contribution in [3.63, 3.8) is 0 Å². The third kappa shape index (κ3) is 3.96. The molecule has 0 unspecified atom stereocenters. The minimum atomic E-state index is -3.65. The molecule has 2 fully saturated rings. The van der Waals surface area contributed by atoms with E-state index < -0.39 is 10.0 Å². The number of rotatable bonds is 5. The van der Waals surface area contributed by atoms with Gasteiger partial charge in [0, 0.05) is 19.1 Å². The van der Waals surface area contributed by atoms with Crippen LogP contribution in [0.2, 0.25) is 0 Å². The molecular formula is C17H24N2O5S. The molecule has 8 heteroatoms. The predicted octanol–water partition coefficient (Wildman–Crippen LogP) is 1.39. The Bertz CT molecular complexity index is 723. The summed E-state index contributed by atoms with van der Waals surface area (Å²) in [6, 6.07) is 4.58. The Morgan fingerprint density at radius 2 is 1.92 bits per heavy atom. The number of methoxy groups -OCH3 is 1. The standard InChI is InChI=1S/C17H24N2O5S/c1-23-16-7-6-14(25(21,22)19-8-10-24-11-9-19)12-15(16)17(20)18-13-4-2-3-5-13/h6-7,12-13H,2-5,8-11H2,1H3,(H,18,20). The Labute approximate surface area is 148 Å². The number of sulfonamides is 1. The molecule has 0 radical (unpaired) electrons. The summed E-state index contributed by atoms with van der Waals surface area (Å²) in [5.74, 6) is 0.0826. The zero-order chi connectivity index (χ0) is 17.9. The van der Waals surface area contributed by atoms with E-state index in [0.29, 0.717) is 32.1 Å². The number of benzene rings is 1. The minimum absolute atomic E-state index is 0.103. The average Bonchev–Trinajstić information content (AvgIpc) is 3.14. The van der Waals surface area contributed by atoms with Crippen molar-refractivity contribution in [3.05, 3.63) is 23.8 Å². The fourth-order valence-corrected chi connectivity index (χ4v) is 4.73. The fraction of sp³-hybridized carbons (Fsp3) is 0.588. The van der Waals surface area contributed by atoms with E-state index in [1.165, 1.54) is 29.6 Å². The van der Waals surface area contributed by atoms with E-state index in [1.54, 1.807) is 0 Å². The van der Waals surface area contributed by atoms with Gasteiger partial charge in [0.25, 0.3) is 5.91 Å². The van der Waals surface area contributed by atoms with E-state index >= 15 is 0 Å².